The highest BCUT2D eigenvalue weighted by Gasteiger charge is 2.50. The zero-order valence-corrected chi connectivity index (χ0v) is 30.8. The third kappa shape index (κ3) is 13.6. The number of benzene rings is 2. The molecule has 2 aromatic carbocycles. The number of alkyl carbamates (subject to hydrolysis) is 1. The Morgan fingerprint density at radius 2 is 1.16 bits per heavy atom. The van der Waals surface area contributed by atoms with Crippen molar-refractivity contribution in [1.82, 2.24) is 21.3 Å². The van der Waals surface area contributed by atoms with Crippen molar-refractivity contribution in [3.05, 3.63) is 71.8 Å². The molecule has 1 saturated heterocycles. The maximum atomic E-state index is 14.0. The normalized spacial score (nSPS) is 18.0. The molecule has 4 amide bonds. The number of ether oxygens (including phenoxy) is 2. The standard InChI is InChI=1S/C39H56N4O7/c1-25(2)21-30(33(44)39(8)24-49-39)40-36(47)32(23-28-17-13-10-14-18-28)42-35(46)31(22-26(3)4)41-34(45)29(43-37(48)50-38(5,6)7)20-19-27-15-11-9-12-16-27/h9-18,25-26,29-32H,19-24H2,1-8H3,(H,40,47)(H,41,45)(H,42,46)(H,43,48)/t29-,30+,31-,32-,39+/m0/s1. The Kier molecular flexibility index (Phi) is 14.6. The zero-order chi connectivity index (χ0) is 37.1. The highest BCUT2D eigenvalue weighted by Crippen LogP contribution is 2.29. The fraction of sp³-hybridized carbons (Fsp3) is 0.564. The lowest BCUT2D eigenvalue weighted by molar-refractivity contribution is -0.134. The fourth-order valence-corrected chi connectivity index (χ4v) is 5.58. The van der Waals surface area contributed by atoms with Gasteiger partial charge in [0.05, 0.1) is 12.6 Å². The number of Topliss-reactive ketones (excluding diaryl/α,β-unsaturated/α-hetero) is 1. The first-order chi connectivity index (χ1) is 23.5. The van der Waals surface area contributed by atoms with Crippen LogP contribution in [0, 0.1) is 11.8 Å². The fourth-order valence-electron chi connectivity index (χ4n) is 5.58. The molecule has 0 saturated carbocycles. The largest absolute Gasteiger partial charge is 0.444 e. The van der Waals surface area contributed by atoms with Crippen LogP contribution in [0.15, 0.2) is 60.7 Å². The van der Waals surface area contributed by atoms with E-state index in [1.807, 2.05) is 88.4 Å². The second-order valence-corrected chi connectivity index (χ2v) is 15.2. The van der Waals surface area contributed by atoms with Gasteiger partial charge in [0.1, 0.15) is 29.3 Å². The van der Waals surface area contributed by atoms with Crippen molar-refractivity contribution in [2.24, 2.45) is 11.8 Å². The number of epoxide rings is 1. The molecule has 3 rings (SSSR count). The molecular formula is C39H56N4O7. The van der Waals surface area contributed by atoms with E-state index in [-0.39, 0.29) is 36.9 Å². The molecule has 2 aromatic rings. The zero-order valence-electron chi connectivity index (χ0n) is 30.8. The molecule has 0 radical (unpaired) electrons. The summed E-state index contributed by atoms with van der Waals surface area (Å²) >= 11 is 0. The van der Waals surface area contributed by atoms with Crippen LogP contribution in [0.1, 0.15) is 85.8 Å². The maximum Gasteiger partial charge on any atom is 0.408 e. The molecule has 0 aromatic heterocycles. The van der Waals surface area contributed by atoms with Gasteiger partial charge >= 0.3 is 6.09 Å². The first kappa shape index (κ1) is 40.2. The quantitative estimate of drug-likeness (QED) is 0.166. The van der Waals surface area contributed by atoms with Gasteiger partial charge in [-0.25, -0.2) is 4.79 Å². The molecular weight excluding hydrogens is 636 g/mol. The van der Waals surface area contributed by atoms with Crippen molar-refractivity contribution in [3.63, 3.8) is 0 Å². The Hall–Kier alpha value is -4.25. The predicted molar refractivity (Wildman–Crippen MR) is 192 cm³/mol. The van der Waals surface area contributed by atoms with Crippen molar-refractivity contribution in [2.45, 2.75) is 123 Å². The molecule has 0 aliphatic carbocycles. The minimum absolute atomic E-state index is 0.00126. The van der Waals surface area contributed by atoms with Gasteiger partial charge in [-0.3, -0.25) is 19.2 Å². The minimum Gasteiger partial charge on any atom is -0.444 e. The number of carbonyl (C=O) groups excluding carboxylic acids is 5. The summed E-state index contributed by atoms with van der Waals surface area (Å²) < 4.78 is 10.8. The minimum atomic E-state index is -1.04. The Bertz CT molecular complexity index is 1440. The maximum absolute atomic E-state index is 14.0. The number of amides is 4. The van der Waals surface area contributed by atoms with E-state index in [9.17, 15) is 24.0 Å². The Balaban J connectivity index is 1.83. The van der Waals surface area contributed by atoms with Crippen LogP contribution in [0.2, 0.25) is 0 Å². The Morgan fingerprint density at radius 3 is 1.68 bits per heavy atom. The lowest BCUT2D eigenvalue weighted by Gasteiger charge is -2.28. The number of ketones is 1. The van der Waals surface area contributed by atoms with E-state index in [1.165, 1.54) is 0 Å². The highest BCUT2D eigenvalue weighted by molar-refractivity contribution is 5.98. The molecule has 1 aliphatic heterocycles. The van der Waals surface area contributed by atoms with Crippen LogP contribution in [0.3, 0.4) is 0 Å². The molecule has 5 atom stereocenters. The highest BCUT2D eigenvalue weighted by atomic mass is 16.6. The molecule has 274 valence electrons. The van der Waals surface area contributed by atoms with E-state index in [4.69, 9.17) is 9.47 Å². The smallest absolute Gasteiger partial charge is 0.408 e. The van der Waals surface area contributed by atoms with Crippen LogP contribution >= 0.6 is 0 Å². The first-order valence-electron chi connectivity index (χ1n) is 17.6. The molecule has 0 unspecified atom stereocenters. The van der Waals surface area contributed by atoms with Gasteiger partial charge in [-0.2, -0.15) is 0 Å². The molecule has 1 fully saturated rings. The van der Waals surface area contributed by atoms with Gasteiger partial charge in [0.25, 0.3) is 0 Å². The van der Waals surface area contributed by atoms with Gasteiger partial charge in [-0.05, 0) is 76.3 Å². The van der Waals surface area contributed by atoms with E-state index in [0.717, 1.165) is 11.1 Å². The Morgan fingerprint density at radius 1 is 0.700 bits per heavy atom. The van der Waals surface area contributed by atoms with Gasteiger partial charge < -0.3 is 30.7 Å². The molecule has 50 heavy (non-hydrogen) atoms. The second kappa shape index (κ2) is 18.1. The number of hydrogen-bond acceptors (Lipinski definition) is 7. The van der Waals surface area contributed by atoms with E-state index in [0.29, 0.717) is 19.4 Å². The molecule has 0 spiro atoms. The summed E-state index contributed by atoms with van der Waals surface area (Å²) in [7, 11) is 0. The third-order valence-electron chi connectivity index (χ3n) is 8.27. The summed E-state index contributed by atoms with van der Waals surface area (Å²) in [5.41, 5.74) is 0.0894. The van der Waals surface area contributed by atoms with E-state index in [1.54, 1.807) is 27.7 Å². The SMILES string of the molecule is CC(C)C[C@H](NC(=O)[C@H](CCc1ccccc1)NC(=O)OC(C)(C)C)C(=O)N[C@@H](Cc1ccccc1)C(=O)N[C@H](CC(C)C)C(=O)[C@@]1(C)CO1. The molecule has 11 nitrogen and oxygen atoms in total. The molecule has 1 heterocycles. The lowest BCUT2D eigenvalue weighted by Crippen LogP contribution is -2.59. The van der Waals surface area contributed by atoms with Crippen LogP contribution in [-0.2, 0) is 41.5 Å². The van der Waals surface area contributed by atoms with Crippen LogP contribution in [0.25, 0.3) is 0 Å². The van der Waals surface area contributed by atoms with Crippen molar-refractivity contribution in [1.29, 1.82) is 0 Å². The average Bonchev–Trinajstić information content (AvgIpc) is 3.79. The van der Waals surface area contributed by atoms with Gasteiger partial charge in [-0.15, -0.1) is 0 Å². The van der Waals surface area contributed by atoms with Gasteiger partial charge in [0.15, 0.2) is 5.78 Å². The van der Waals surface area contributed by atoms with Gasteiger partial charge in [0.2, 0.25) is 17.7 Å². The summed E-state index contributed by atoms with van der Waals surface area (Å²) in [4.78, 5) is 67.8. The average molecular weight is 693 g/mol. The molecule has 11 heteroatoms. The van der Waals surface area contributed by atoms with Crippen LogP contribution in [0.5, 0.6) is 0 Å². The number of carbonyl (C=O) groups is 5. The first-order valence-corrected chi connectivity index (χ1v) is 17.6. The van der Waals surface area contributed by atoms with Crippen LogP contribution in [-0.4, -0.2) is 71.6 Å². The topological polar surface area (TPSA) is 155 Å². The summed E-state index contributed by atoms with van der Waals surface area (Å²) in [5.74, 6) is -1.69. The van der Waals surface area contributed by atoms with E-state index < -0.39 is 59.2 Å². The molecule has 0 bridgehead atoms. The monoisotopic (exact) mass is 692 g/mol. The van der Waals surface area contributed by atoms with Crippen molar-refractivity contribution in [2.75, 3.05) is 6.61 Å². The van der Waals surface area contributed by atoms with Crippen molar-refractivity contribution < 1.29 is 33.4 Å². The summed E-state index contributed by atoms with van der Waals surface area (Å²) in [6.07, 6.45) is 0.867. The number of aryl methyl sites for hydroxylation is 1. The summed E-state index contributed by atoms with van der Waals surface area (Å²) in [5, 5.41) is 11.3. The summed E-state index contributed by atoms with van der Waals surface area (Å²) in [6, 6.07) is 15.0. The van der Waals surface area contributed by atoms with E-state index in [2.05, 4.69) is 21.3 Å². The molecule has 1 aliphatic rings. The van der Waals surface area contributed by atoms with Gasteiger partial charge in [0, 0.05) is 6.42 Å². The van der Waals surface area contributed by atoms with Crippen LogP contribution < -0.4 is 21.3 Å². The van der Waals surface area contributed by atoms with Crippen molar-refractivity contribution in [3.8, 4) is 0 Å². The van der Waals surface area contributed by atoms with Gasteiger partial charge in [-0.1, -0.05) is 88.4 Å². The predicted octanol–water partition coefficient (Wildman–Crippen LogP) is 4.66. The second-order valence-electron chi connectivity index (χ2n) is 15.2. The van der Waals surface area contributed by atoms with Crippen molar-refractivity contribution >= 4 is 29.6 Å². The lowest BCUT2D eigenvalue weighted by atomic mass is 9.93. The number of nitrogens with one attached hydrogen (secondary N) is 4. The summed E-state index contributed by atoms with van der Waals surface area (Å²) in [6.45, 7) is 15.0. The number of rotatable bonds is 18. The van der Waals surface area contributed by atoms with E-state index >= 15 is 0 Å². The third-order valence-corrected chi connectivity index (χ3v) is 8.27. The van der Waals surface area contributed by atoms with Crippen LogP contribution in [0.4, 0.5) is 4.79 Å². The Labute approximate surface area is 297 Å². The number of hydrogen-bond donors (Lipinski definition) is 4. The molecule has 4 N–H and O–H groups in total.